The number of carbonyl (C=O) groups is 1. The van der Waals surface area contributed by atoms with E-state index in [1.54, 1.807) is 11.1 Å². The van der Waals surface area contributed by atoms with Gasteiger partial charge in [-0.05, 0) is 55.5 Å². The summed E-state index contributed by atoms with van der Waals surface area (Å²) in [6.07, 6.45) is 3.33. The Morgan fingerprint density at radius 2 is 2.30 bits per heavy atom. The van der Waals surface area contributed by atoms with Crippen LogP contribution in [-0.4, -0.2) is 46.2 Å². The second-order valence-electron chi connectivity index (χ2n) is 6.74. The van der Waals surface area contributed by atoms with Crippen molar-refractivity contribution >= 4 is 33.7 Å². The predicted molar refractivity (Wildman–Crippen MR) is 93.2 cm³/mol. The summed E-state index contributed by atoms with van der Waals surface area (Å²) in [6, 6.07) is 0. The molecule has 0 aliphatic carbocycles. The van der Waals surface area contributed by atoms with E-state index >= 15 is 0 Å². The van der Waals surface area contributed by atoms with Gasteiger partial charge in [-0.3, -0.25) is 0 Å². The largest absolute Gasteiger partial charge is 0.444 e. The van der Waals surface area contributed by atoms with Crippen LogP contribution >= 0.6 is 15.9 Å². The Kier molecular flexibility index (Phi) is 5.67. The van der Waals surface area contributed by atoms with Crippen LogP contribution in [0.1, 0.15) is 33.6 Å². The first-order valence-electron chi connectivity index (χ1n) is 7.74. The maximum Gasteiger partial charge on any atom is 0.410 e. The monoisotopic (exact) mass is 385 g/mol. The summed E-state index contributed by atoms with van der Waals surface area (Å²) in [5.74, 6) is 1.26. The summed E-state index contributed by atoms with van der Waals surface area (Å²) in [6.45, 7) is 7.73. The van der Waals surface area contributed by atoms with Crippen molar-refractivity contribution in [1.29, 1.82) is 0 Å². The molecule has 1 aliphatic heterocycles. The molecule has 1 atom stereocenters. The number of nitrogen functional groups attached to an aromatic ring is 1. The average Bonchev–Trinajstić information content (AvgIpc) is 2.47. The van der Waals surface area contributed by atoms with Gasteiger partial charge in [-0.25, -0.2) is 14.8 Å². The van der Waals surface area contributed by atoms with Gasteiger partial charge in [0.25, 0.3) is 0 Å². The van der Waals surface area contributed by atoms with E-state index in [2.05, 4.69) is 31.2 Å². The van der Waals surface area contributed by atoms with E-state index in [4.69, 9.17) is 10.5 Å². The number of nitrogens with zero attached hydrogens (tertiary/aromatic N) is 3. The fourth-order valence-electron chi connectivity index (χ4n) is 2.47. The molecule has 2 heterocycles. The molecule has 0 spiro atoms. The highest BCUT2D eigenvalue weighted by atomic mass is 79.9. The van der Waals surface area contributed by atoms with Crippen LogP contribution in [0.25, 0.3) is 0 Å². The fourth-order valence-corrected chi connectivity index (χ4v) is 2.75. The van der Waals surface area contributed by atoms with Gasteiger partial charge in [0.1, 0.15) is 10.2 Å². The number of piperidine rings is 1. The molecule has 3 N–H and O–H groups in total. The van der Waals surface area contributed by atoms with Crippen molar-refractivity contribution in [2.24, 2.45) is 5.92 Å². The first-order valence-corrected chi connectivity index (χ1v) is 8.54. The minimum absolute atomic E-state index is 0.246. The van der Waals surface area contributed by atoms with Gasteiger partial charge in [-0.1, -0.05) is 0 Å². The van der Waals surface area contributed by atoms with Crippen LogP contribution in [0.5, 0.6) is 0 Å². The quantitative estimate of drug-likeness (QED) is 0.830. The van der Waals surface area contributed by atoms with Gasteiger partial charge in [-0.15, -0.1) is 0 Å². The van der Waals surface area contributed by atoms with E-state index in [1.165, 1.54) is 0 Å². The summed E-state index contributed by atoms with van der Waals surface area (Å²) < 4.78 is 6.07. The molecule has 0 bridgehead atoms. The van der Waals surface area contributed by atoms with E-state index in [1.807, 2.05) is 20.8 Å². The number of rotatable bonds is 3. The molecule has 1 amide bonds. The zero-order chi connectivity index (χ0) is 17.0. The van der Waals surface area contributed by atoms with E-state index in [-0.39, 0.29) is 6.09 Å². The zero-order valence-corrected chi connectivity index (χ0v) is 15.4. The highest BCUT2D eigenvalue weighted by Gasteiger charge is 2.27. The topological polar surface area (TPSA) is 93.4 Å². The van der Waals surface area contributed by atoms with Crippen molar-refractivity contribution in [1.82, 2.24) is 14.9 Å². The van der Waals surface area contributed by atoms with Crippen molar-refractivity contribution in [3.8, 4) is 0 Å². The van der Waals surface area contributed by atoms with E-state index in [9.17, 15) is 4.79 Å². The molecule has 0 radical (unpaired) electrons. The number of hydrogen-bond acceptors (Lipinski definition) is 6. The molecular weight excluding hydrogens is 362 g/mol. The van der Waals surface area contributed by atoms with Crippen LogP contribution in [-0.2, 0) is 4.74 Å². The molecule has 1 fully saturated rings. The molecule has 0 saturated carbocycles. The molecule has 1 saturated heterocycles. The second kappa shape index (κ2) is 7.33. The molecular formula is C15H24BrN5O2. The lowest BCUT2D eigenvalue weighted by Gasteiger charge is -2.34. The molecule has 1 aromatic heterocycles. The van der Waals surface area contributed by atoms with Crippen molar-refractivity contribution < 1.29 is 9.53 Å². The number of aromatic nitrogens is 2. The van der Waals surface area contributed by atoms with Crippen LogP contribution in [0.2, 0.25) is 0 Å². The van der Waals surface area contributed by atoms with Gasteiger partial charge in [0.15, 0.2) is 11.6 Å². The van der Waals surface area contributed by atoms with Crippen LogP contribution in [0.4, 0.5) is 16.4 Å². The molecule has 0 aromatic carbocycles. The lowest BCUT2D eigenvalue weighted by atomic mass is 9.98. The molecule has 8 heteroatoms. The first-order chi connectivity index (χ1) is 10.7. The van der Waals surface area contributed by atoms with Crippen molar-refractivity contribution in [2.45, 2.75) is 39.2 Å². The Bertz CT molecular complexity index is 561. The Morgan fingerprint density at radius 1 is 1.57 bits per heavy atom. The molecule has 1 aromatic rings. The van der Waals surface area contributed by atoms with E-state index in [0.717, 1.165) is 19.4 Å². The Hall–Kier alpha value is -1.57. The maximum atomic E-state index is 12.2. The maximum absolute atomic E-state index is 12.2. The van der Waals surface area contributed by atoms with Crippen LogP contribution in [0.3, 0.4) is 0 Å². The van der Waals surface area contributed by atoms with Crippen LogP contribution < -0.4 is 11.1 Å². The summed E-state index contributed by atoms with van der Waals surface area (Å²) in [5.41, 5.74) is 5.34. The lowest BCUT2D eigenvalue weighted by Crippen LogP contribution is -2.44. The van der Waals surface area contributed by atoms with Crippen molar-refractivity contribution in [3.05, 3.63) is 10.8 Å². The number of halogens is 1. The summed E-state index contributed by atoms with van der Waals surface area (Å²) in [5, 5.41) is 3.22. The summed E-state index contributed by atoms with van der Waals surface area (Å²) in [4.78, 5) is 22.3. The fraction of sp³-hybridized carbons (Fsp3) is 0.667. The highest BCUT2D eigenvalue weighted by molar-refractivity contribution is 9.10. The first kappa shape index (κ1) is 17.8. The smallest absolute Gasteiger partial charge is 0.410 e. The third-order valence-corrected chi connectivity index (χ3v) is 3.88. The average molecular weight is 386 g/mol. The van der Waals surface area contributed by atoms with Gasteiger partial charge < -0.3 is 20.7 Å². The normalized spacial score (nSPS) is 18.6. The number of hydrogen-bond donors (Lipinski definition) is 2. The van der Waals surface area contributed by atoms with Gasteiger partial charge in [-0.2, -0.15) is 0 Å². The second-order valence-corrected chi connectivity index (χ2v) is 7.55. The Labute approximate surface area is 145 Å². The summed E-state index contributed by atoms with van der Waals surface area (Å²) >= 11 is 3.28. The van der Waals surface area contributed by atoms with Gasteiger partial charge >= 0.3 is 6.09 Å². The Morgan fingerprint density at radius 3 is 3.00 bits per heavy atom. The molecule has 23 heavy (non-hydrogen) atoms. The van der Waals surface area contributed by atoms with E-state index in [0.29, 0.717) is 35.2 Å². The SMILES string of the molecule is CC(C)(C)OC(=O)N1CCCC(CNc2nc(Br)cnc2N)C1. The zero-order valence-electron chi connectivity index (χ0n) is 13.8. The minimum Gasteiger partial charge on any atom is -0.444 e. The number of ether oxygens (including phenoxy) is 1. The standard InChI is InChI=1S/C15H24BrN5O2/c1-15(2,3)23-14(22)21-6-4-5-10(9-21)7-19-13-12(17)18-8-11(16)20-13/h8,10H,4-7,9H2,1-3H3,(H2,17,18)(H,19,20). The minimum atomic E-state index is -0.470. The molecule has 2 rings (SSSR count). The predicted octanol–water partition coefficient (Wildman–Crippen LogP) is 2.88. The van der Waals surface area contributed by atoms with Gasteiger partial charge in [0.05, 0.1) is 6.20 Å². The lowest BCUT2D eigenvalue weighted by molar-refractivity contribution is 0.0172. The third-order valence-electron chi connectivity index (χ3n) is 3.50. The number of carbonyl (C=O) groups excluding carboxylic acids is 1. The summed E-state index contributed by atoms with van der Waals surface area (Å²) in [7, 11) is 0. The van der Waals surface area contributed by atoms with Crippen molar-refractivity contribution in [2.75, 3.05) is 30.7 Å². The Balaban J connectivity index is 1.89. The van der Waals surface area contributed by atoms with Gasteiger partial charge in [0, 0.05) is 19.6 Å². The van der Waals surface area contributed by atoms with E-state index < -0.39 is 5.60 Å². The number of likely N-dealkylation sites (tertiary alicyclic amines) is 1. The van der Waals surface area contributed by atoms with Crippen LogP contribution in [0, 0.1) is 5.92 Å². The number of amides is 1. The number of nitrogens with two attached hydrogens (primary N) is 1. The van der Waals surface area contributed by atoms with Crippen LogP contribution in [0.15, 0.2) is 10.8 Å². The van der Waals surface area contributed by atoms with Gasteiger partial charge in [0.2, 0.25) is 0 Å². The third kappa shape index (κ3) is 5.53. The number of anilines is 2. The highest BCUT2D eigenvalue weighted by Crippen LogP contribution is 2.21. The molecule has 1 unspecified atom stereocenters. The number of nitrogens with one attached hydrogen (secondary N) is 1. The molecule has 128 valence electrons. The molecule has 7 nitrogen and oxygen atoms in total. The molecule has 1 aliphatic rings. The van der Waals surface area contributed by atoms with Crippen molar-refractivity contribution in [3.63, 3.8) is 0 Å².